The molecule has 0 radical (unpaired) electrons. The summed E-state index contributed by atoms with van der Waals surface area (Å²) in [5.41, 5.74) is 3.06. The minimum atomic E-state index is -0.287. The molecule has 1 saturated carbocycles. The summed E-state index contributed by atoms with van der Waals surface area (Å²) in [6.45, 7) is 0. The van der Waals surface area contributed by atoms with Crippen molar-refractivity contribution in [3.8, 4) is 11.3 Å². The number of aromatic nitrogens is 4. The number of nitrogens with zero attached hydrogens (tertiary/aromatic N) is 3. The Labute approximate surface area is 151 Å². The van der Waals surface area contributed by atoms with E-state index in [9.17, 15) is 9.90 Å². The van der Waals surface area contributed by atoms with Gasteiger partial charge in [-0.1, -0.05) is 30.3 Å². The van der Waals surface area contributed by atoms with Crippen LogP contribution >= 0.6 is 0 Å². The Morgan fingerprint density at radius 1 is 1.31 bits per heavy atom. The van der Waals surface area contributed by atoms with Crippen LogP contribution in [-0.2, 0) is 7.05 Å². The van der Waals surface area contributed by atoms with E-state index in [0.717, 1.165) is 11.1 Å². The number of aryl methyl sites for hydroxylation is 1. The predicted molar refractivity (Wildman–Crippen MR) is 96.2 cm³/mol. The molecule has 7 heteroatoms. The number of aromatic amines is 1. The lowest BCUT2D eigenvalue weighted by molar-refractivity contribution is 0.0235. The SMILES string of the molecule is Cn1cc(C(NC(=O)c2cn[nH]c2-c2ccccc2)C2CC(O)C2)cn1. The summed E-state index contributed by atoms with van der Waals surface area (Å²) in [6.07, 6.45) is 6.29. The molecule has 0 aliphatic heterocycles. The van der Waals surface area contributed by atoms with E-state index >= 15 is 0 Å². The quantitative estimate of drug-likeness (QED) is 0.655. The first-order chi connectivity index (χ1) is 12.6. The van der Waals surface area contributed by atoms with Crippen LogP contribution in [0.4, 0.5) is 0 Å². The molecule has 1 amide bonds. The Kier molecular flexibility index (Phi) is 4.30. The third kappa shape index (κ3) is 3.13. The fourth-order valence-corrected chi connectivity index (χ4v) is 3.48. The second-order valence-electron chi connectivity index (χ2n) is 6.81. The first-order valence-corrected chi connectivity index (χ1v) is 8.68. The van der Waals surface area contributed by atoms with Crippen LogP contribution in [-0.4, -0.2) is 37.1 Å². The number of aliphatic hydroxyl groups is 1. The van der Waals surface area contributed by atoms with Crippen molar-refractivity contribution < 1.29 is 9.90 Å². The van der Waals surface area contributed by atoms with Gasteiger partial charge in [-0.3, -0.25) is 14.6 Å². The lowest BCUT2D eigenvalue weighted by Crippen LogP contribution is -2.41. The molecule has 4 rings (SSSR count). The van der Waals surface area contributed by atoms with Crippen molar-refractivity contribution in [1.29, 1.82) is 0 Å². The number of rotatable bonds is 5. The van der Waals surface area contributed by atoms with Crippen LogP contribution in [0, 0.1) is 5.92 Å². The van der Waals surface area contributed by atoms with Crippen LogP contribution in [0.15, 0.2) is 48.9 Å². The molecule has 2 aromatic heterocycles. The lowest BCUT2D eigenvalue weighted by atomic mass is 9.75. The molecule has 0 bridgehead atoms. The number of carbonyl (C=O) groups is 1. The summed E-state index contributed by atoms with van der Waals surface area (Å²) in [5.74, 6) is 0.0121. The van der Waals surface area contributed by atoms with Crippen LogP contribution < -0.4 is 5.32 Å². The van der Waals surface area contributed by atoms with Gasteiger partial charge >= 0.3 is 0 Å². The van der Waals surface area contributed by atoms with Crippen molar-refractivity contribution in [3.05, 3.63) is 60.0 Å². The van der Waals surface area contributed by atoms with Gasteiger partial charge in [0.2, 0.25) is 0 Å². The van der Waals surface area contributed by atoms with Gasteiger partial charge in [0.05, 0.1) is 35.8 Å². The van der Waals surface area contributed by atoms with Crippen LogP contribution in [0.5, 0.6) is 0 Å². The molecule has 0 saturated heterocycles. The molecule has 1 atom stereocenters. The Balaban J connectivity index is 1.59. The van der Waals surface area contributed by atoms with Gasteiger partial charge in [0.15, 0.2) is 0 Å². The second kappa shape index (κ2) is 6.76. The Hall–Kier alpha value is -2.93. The smallest absolute Gasteiger partial charge is 0.255 e. The molecule has 1 unspecified atom stereocenters. The maximum Gasteiger partial charge on any atom is 0.255 e. The van der Waals surface area contributed by atoms with E-state index in [1.807, 2.05) is 43.6 Å². The van der Waals surface area contributed by atoms with E-state index in [1.165, 1.54) is 0 Å². The highest BCUT2D eigenvalue weighted by Gasteiger charge is 2.36. The second-order valence-corrected chi connectivity index (χ2v) is 6.81. The van der Waals surface area contributed by atoms with Gasteiger partial charge in [0.1, 0.15) is 0 Å². The van der Waals surface area contributed by atoms with Gasteiger partial charge in [0.25, 0.3) is 5.91 Å². The highest BCUT2D eigenvalue weighted by Crippen LogP contribution is 2.38. The summed E-state index contributed by atoms with van der Waals surface area (Å²) in [4.78, 5) is 13.0. The third-order valence-corrected chi connectivity index (χ3v) is 4.94. The largest absolute Gasteiger partial charge is 0.393 e. The monoisotopic (exact) mass is 351 g/mol. The molecular weight excluding hydrogens is 330 g/mol. The van der Waals surface area contributed by atoms with E-state index in [2.05, 4.69) is 20.6 Å². The summed E-state index contributed by atoms with van der Waals surface area (Å²) < 4.78 is 1.72. The molecule has 2 heterocycles. The minimum Gasteiger partial charge on any atom is -0.393 e. The summed E-state index contributed by atoms with van der Waals surface area (Å²) >= 11 is 0. The first-order valence-electron chi connectivity index (χ1n) is 8.68. The molecule has 1 aliphatic carbocycles. The lowest BCUT2D eigenvalue weighted by Gasteiger charge is -2.37. The van der Waals surface area contributed by atoms with E-state index in [1.54, 1.807) is 17.1 Å². The molecule has 0 spiro atoms. The van der Waals surface area contributed by atoms with Crippen molar-refractivity contribution in [2.24, 2.45) is 13.0 Å². The molecule has 26 heavy (non-hydrogen) atoms. The highest BCUT2D eigenvalue weighted by molar-refractivity contribution is 5.99. The fraction of sp³-hybridized carbons (Fsp3) is 0.316. The van der Waals surface area contributed by atoms with Crippen molar-refractivity contribution in [3.63, 3.8) is 0 Å². The molecular formula is C19H21N5O2. The van der Waals surface area contributed by atoms with E-state index < -0.39 is 0 Å². The van der Waals surface area contributed by atoms with Gasteiger partial charge in [-0.2, -0.15) is 10.2 Å². The zero-order valence-corrected chi connectivity index (χ0v) is 14.5. The number of amides is 1. The zero-order valence-electron chi connectivity index (χ0n) is 14.5. The van der Waals surface area contributed by atoms with E-state index in [4.69, 9.17) is 0 Å². The zero-order chi connectivity index (χ0) is 18.1. The fourth-order valence-electron chi connectivity index (χ4n) is 3.48. The summed E-state index contributed by atoms with van der Waals surface area (Å²) in [6, 6.07) is 9.46. The van der Waals surface area contributed by atoms with Crippen LogP contribution in [0.1, 0.15) is 34.8 Å². The first kappa shape index (κ1) is 16.5. The van der Waals surface area contributed by atoms with E-state index in [-0.39, 0.29) is 24.0 Å². The molecule has 1 aliphatic rings. The van der Waals surface area contributed by atoms with Crippen LogP contribution in [0.25, 0.3) is 11.3 Å². The van der Waals surface area contributed by atoms with Crippen molar-refractivity contribution in [2.75, 3.05) is 0 Å². The van der Waals surface area contributed by atoms with Crippen LogP contribution in [0.2, 0.25) is 0 Å². The highest BCUT2D eigenvalue weighted by atomic mass is 16.3. The standard InChI is InChI=1S/C19H21N5O2/c1-24-11-14(9-21-24)17(13-7-15(25)8-13)22-19(26)16-10-20-23-18(16)12-5-3-2-4-6-12/h2-6,9-11,13,15,17,25H,7-8H2,1H3,(H,20,23)(H,22,26). The molecule has 3 N–H and O–H groups in total. The van der Waals surface area contributed by atoms with Gasteiger partial charge < -0.3 is 10.4 Å². The maximum absolute atomic E-state index is 13.0. The van der Waals surface area contributed by atoms with Crippen molar-refractivity contribution >= 4 is 5.91 Å². The molecule has 7 nitrogen and oxygen atoms in total. The molecule has 134 valence electrons. The molecule has 1 fully saturated rings. The predicted octanol–water partition coefficient (Wildman–Crippen LogP) is 2.05. The third-order valence-electron chi connectivity index (χ3n) is 4.94. The molecule has 1 aromatic carbocycles. The van der Waals surface area contributed by atoms with Crippen molar-refractivity contribution in [2.45, 2.75) is 25.0 Å². The van der Waals surface area contributed by atoms with Crippen molar-refractivity contribution in [1.82, 2.24) is 25.3 Å². The Morgan fingerprint density at radius 2 is 2.08 bits per heavy atom. The normalized spacial score (nSPS) is 20.4. The van der Waals surface area contributed by atoms with Gasteiger partial charge in [-0.15, -0.1) is 0 Å². The number of H-pyrrole nitrogens is 1. The number of benzene rings is 1. The number of carbonyl (C=O) groups excluding carboxylic acids is 1. The minimum absolute atomic E-state index is 0.182. The number of nitrogens with one attached hydrogen (secondary N) is 2. The number of aliphatic hydroxyl groups excluding tert-OH is 1. The summed E-state index contributed by atoms with van der Waals surface area (Å²) in [5, 5.41) is 24.0. The number of hydrogen-bond donors (Lipinski definition) is 3. The molecule has 3 aromatic rings. The van der Waals surface area contributed by atoms with E-state index in [0.29, 0.717) is 24.1 Å². The average Bonchev–Trinajstić information content (AvgIpc) is 3.27. The topological polar surface area (TPSA) is 95.8 Å². The van der Waals surface area contributed by atoms with Crippen LogP contribution in [0.3, 0.4) is 0 Å². The summed E-state index contributed by atoms with van der Waals surface area (Å²) in [7, 11) is 1.85. The van der Waals surface area contributed by atoms with Gasteiger partial charge in [-0.25, -0.2) is 0 Å². The Morgan fingerprint density at radius 3 is 2.73 bits per heavy atom. The average molecular weight is 351 g/mol. The number of hydrogen-bond acceptors (Lipinski definition) is 4. The Bertz CT molecular complexity index is 896. The van der Waals surface area contributed by atoms with Gasteiger partial charge in [-0.05, 0) is 18.8 Å². The van der Waals surface area contributed by atoms with Gasteiger partial charge in [0, 0.05) is 24.4 Å². The maximum atomic E-state index is 13.0.